The molecule has 1 aliphatic heterocycles. The molecule has 7 nitrogen and oxygen atoms in total. The van der Waals surface area contributed by atoms with Gasteiger partial charge in [0.1, 0.15) is 16.6 Å². The maximum absolute atomic E-state index is 14.1. The van der Waals surface area contributed by atoms with Crippen LogP contribution in [0, 0.1) is 5.92 Å². The SMILES string of the molecule is CCCC(CCC)C(=O)N(Cc1cc(/C=C2\SC(=S)N(CC(=O)O)C2=O)ccc1OCCc1ccccc1)c1ccccc1. The zero-order valence-corrected chi connectivity index (χ0v) is 26.7. The lowest BCUT2D eigenvalue weighted by Gasteiger charge is -2.28. The number of hydrogen-bond donors (Lipinski definition) is 1. The Hall–Kier alpha value is -3.95. The van der Waals surface area contributed by atoms with E-state index in [2.05, 4.69) is 26.0 Å². The van der Waals surface area contributed by atoms with Crippen LogP contribution in [0.15, 0.2) is 83.8 Å². The molecular formula is C35H38N2O5S2. The number of thioether (sulfide) groups is 1. The van der Waals surface area contributed by atoms with Crippen LogP contribution in [-0.2, 0) is 27.3 Å². The summed E-state index contributed by atoms with van der Waals surface area (Å²) in [4.78, 5) is 41.5. The standard InChI is InChI=1S/C35H38N2O5S2/c1-3-11-27(12-4-2)33(40)36(29-15-9-6-10-16-29)23-28-21-26(22-31-34(41)37(24-32(38)39)35(43)44-31)17-18-30(28)42-20-19-25-13-7-5-8-14-25/h5-10,13-18,21-22,27H,3-4,11-12,19-20,23-24H2,1-2H3,(H,38,39)/b31-22-. The van der Waals surface area contributed by atoms with E-state index in [1.54, 1.807) is 6.08 Å². The number of benzene rings is 3. The first-order valence-corrected chi connectivity index (χ1v) is 16.2. The van der Waals surface area contributed by atoms with Crippen LogP contribution in [0.2, 0.25) is 0 Å². The fourth-order valence-corrected chi connectivity index (χ4v) is 6.44. The van der Waals surface area contributed by atoms with Crippen molar-refractivity contribution in [2.24, 2.45) is 5.92 Å². The molecule has 3 aromatic carbocycles. The molecule has 4 rings (SSSR count). The van der Waals surface area contributed by atoms with Gasteiger partial charge >= 0.3 is 5.97 Å². The van der Waals surface area contributed by atoms with E-state index in [9.17, 15) is 19.5 Å². The van der Waals surface area contributed by atoms with Crippen molar-refractivity contribution in [1.82, 2.24) is 4.90 Å². The highest BCUT2D eigenvalue weighted by atomic mass is 32.2. The van der Waals surface area contributed by atoms with Gasteiger partial charge < -0.3 is 14.7 Å². The first-order chi connectivity index (χ1) is 21.3. The van der Waals surface area contributed by atoms with Gasteiger partial charge in [0.15, 0.2) is 0 Å². The Labute approximate surface area is 268 Å². The molecule has 230 valence electrons. The number of para-hydroxylation sites is 1. The minimum atomic E-state index is -1.13. The first-order valence-electron chi connectivity index (χ1n) is 14.9. The number of nitrogens with zero attached hydrogens (tertiary/aromatic N) is 2. The number of rotatable bonds is 15. The van der Waals surface area contributed by atoms with Crippen LogP contribution in [0.1, 0.15) is 56.2 Å². The van der Waals surface area contributed by atoms with Crippen molar-refractivity contribution in [1.29, 1.82) is 0 Å². The molecule has 0 bridgehead atoms. The largest absolute Gasteiger partial charge is 0.493 e. The average Bonchev–Trinajstić information content (AvgIpc) is 3.28. The van der Waals surface area contributed by atoms with E-state index in [1.165, 1.54) is 0 Å². The third kappa shape index (κ3) is 8.80. The number of thiocarbonyl (C=S) groups is 1. The van der Waals surface area contributed by atoms with Gasteiger partial charge in [-0.15, -0.1) is 0 Å². The molecule has 0 radical (unpaired) electrons. The Morgan fingerprint density at radius 1 is 1.00 bits per heavy atom. The molecule has 1 heterocycles. The molecule has 1 fully saturated rings. The number of aliphatic carboxylic acids is 1. The summed E-state index contributed by atoms with van der Waals surface area (Å²) in [7, 11) is 0. The van der Waals surface area contributed by atoms with Crippen molar-refractivity contribution in [3.8, 4) is 5.75 Å². The quantitative estimate of drug-likeness (QED) is 0.139. The van der Waals surface area contributed by atoms with Gasteiger partial charge in [0, 0.05) is 23.6 Å². The van der Waals surface area contributed by atoms with E-state index in [0.29, 0.717) is 17.3 Å². The molecule has 9 heteroatoms. The summed E-state index contributed by atoms with van der Waals surface area (Å²) < 4.78 is 6.52. The van der Waals surface area contributed by atoms with Crippen molar-refractivity contribution in [2.75, 3.05) is 18.1 Å². The number of amides is 2. The Bertz CT molecular complexity index is 1490. The number of ether oxygens (including phenoxy) is 1. The number of anilines is 1. The topological polar surface area (TPSA) is 87.2 Å². The fourth-order valence-electron chi connectivity index (χ4n) is 5.18. The summed E-state index contributed by atoms with van der Waals surface area (Å²) in [6, 6.07) is 25.4. The average molecular weight is 631 g/mol. The summed E-state index contributed by atoms with van der Waals surface area (Å²) in [5, 5.41) is 9.20. The molecule has 0 unspecified atom stereocenters. The second-order valence-corrected chi connectivity index (χ2v) is 12.3. The van der Waals surface area contributed by atoms with Crippen LogP contribution < -0.4 is 9.64 Å². The zero-order valence-electron chi connectivity index (χ0n) is 25.1. The second-order valence-electron chi connectivity index (χ2n) is 10.6. The zero-order chi connectivity index (χ0) is 31.5. The highest BCUT2D eigenvalue weighted by Crippen LogP contribution is 2.34. The maximum Gasteiger partial charge on any atom is 0.323 e. The second kappa shape index (κ2) is 16.2. The predicted molar refractivity (Wildman–Crippen MR) is 181 cm³/mol. The smallest absolute Gasteiger partial charge is 0.323 e. The molecule has 1 aliphatic rings. The van der Waals surface area contributed by atoms with Crippen molar-refractivity contribution in [3.63, 3.8) is 0 Å². The summed E-state index contributed by atoms with van der Waals surface area (Å²) in [6.45, 7) is 4.47. The fraction of sp³-hybridized carbons (Fsp3) is 0.314. The van der Waals surface area contributed by atoms with Gasteiger partial charge in [0.2, 0.25) is 5.91 Å². The normalized spacial score (nSPS) is 14.0. The molecule has 3 aromatic rings. The van der Waals surface area contributed by atoms with Crippen molar-refractivity contribution >= 4 is 57.8 Å². The molecule has 0 atom stereocenters. The minimum absolute atomic E-state index is 0.0788. The van der Waals surface area contributed by atoms with Gasteiger partial charge in [-0.1, -0.05) is 105 Å². The Morgan fingerprint density at radius 3 is 2.30 bits per heavy atom. The lowest BCUT2D eigenvalue weighted by atomic mass is 9.96. The van der Waals surface area contributed by atoms with Crippen molar-refractivity contribution < 1.29 is 24.2 Å². The minimum Gasteiger partial charge on any atom is -0.493 e. The summed E-state index contributed by atoms with van der Waals surface area (Å²) in [5.74, 6) is -0.915. The van der Waals surface area contributed by atoms with Crippen LogP contribution in [0.5, 0.6) is 5.75 Å². The Balaban J connectivity index is 1.69. The molecule has 0 aliphatic carbocycles. The molecule has 0 spiro atoms. The van der Waals surface area contributed by atoms with E-state index in [1.807, 2.05) is 71.6 Å². The van der Waals surface area contributed by atoms with Crippen LogP contribution in [-0.4, -0.2) is 45.3 Å². The summed E-state index contributed by atoms with van der Waals surface area (Å²) in [5.41, 5.74) is 3.50. The van der Waals surface area contributed by atoms with Gasteiger partial charge in [-0.3, -0.25) is 19.3 Å². The van der Waals surface area contributed by atoms with E-state index in [-0.39, 0.29) is 22.7 Å². The number of carbonyl (C=O) groups is 3. The van der Waals surface area contributed by atoms with Crippen LogP contribution in [0.4, 0.5) is 5.69 Å². The number of carboxylic acid groups (broad SMARTS) is 1. The lowest BCUT2D eigenvalue weighted by molar-refractivity contribution is -0.140. The summed E-state index contributed by atoms with van der Waals surface area (Å²) >= 11 is 6.35. The first kappa shape index (κ1) is 33.0. The predicted octanol–water partition coefficient (Wildman–Crippen LogP) is 7.34. The van der Waals surface area contributed by atoms with E-state index >= 15 is 0 Å². The van der Waals surface area contributed by atoms with Gasteiger partial charge in [-0.05, 0) is 54.3 Å². The van der Waals surface area contributed by atoms with Gasteiger partial charge in [0.05, 0.1) is 18.1 Å². The van der Waals surface area contributed by atoms with E-state index in [0.717, 1.165) is 71.1 Å². The number of carbonyl (C=O) groups excluding carboxylic acids is 2. The molecule has 1 N–H and O–H groups in total. The van der Waals surface area contributed by atoms with Gasteiger partial charge in [-0.2, -0.15) is 0 Å². The highest BCUT2D eigenvalue weighted by Gasteiger charge is 2.33. The molecule has 44 heavy (non-hydrogen) atoms. The van der Waals surface area contributed by atoms with E-state index in [4.69, 9.17) is 17.0 Å². The third-order valence-electron chi connectivity index (χ3n) is 7.33. The summed E-state index contributed by atoms with van der Waals surface area (Å²) in [6.07, 6.45) is 5.91. The van der Waals surface area contributed by atoms with Crippen LogP contribution >= 0.6 is 24.0 Å². The Kier molecular flexibility index (Phi) is 12.1. The molecule has 0 aromatic heterocycles. The monoisotopic (exact) mass is 630 g/mol. The molecule has 1 saturated heterocycles. The van der Waals surface area contributed by atoms with Crippen molar-refractivity contribution in [3.05, 3.63) is 100 Å². The van der Waals surface area contributed by atoms with Gasteiger partial charge in [-0.25, -0.2) is 0 Å². The Morgan fingerprint density at radius 2 is 1.66 bits per heavy atom. The molecule has 0 saturated carbocycles. The van der Waals surface area contributed by atoms with Gasteiger partial charge in [0.25, 0.3) is 5.91 Å². The third-order valence-corrected chi connectivity index (χ3v) is 8.70. The lowest BCUT2D eigenvalue weighted by Crippen LogP contribution is -2.36. The maximum atomic E-state index is 14.1. The number of hydrogen-bond acceptors (Lipinski definition) is 6. The van der Waals surface area contributed by atoms with Crippen LogP contribution in [0.3, 0.4) is 0 Å². The van der Waals surface area contributed by atoms with E-state index < -0.39 is 18.4 Å². The van der Waals surface area contributed by atoms with Crippen molar-refractivity contribution in [2.45, 2.75) is 52.5 Å². The van der Waals surface area contributed by atoms with Crippen LogP contribution in [0.25, 0.3) is 6.08 Å². The molecular weight excluding hydrogens is 593 g/mol. The number of carboxylic acids is 1. The molecule has 2 amide bonds. The highest BCUT2D eigenvalue weighted by molar-refractivity contribution is 8.26.